The van der Waals surface area contributed by atoms with Crippen molar-refractivity contribution < 1.29 is 9.59 Å². The summed E-state index contributed by atoms with van der Waals surface area (Å²) in [5.41, 5.74) is 5.80. The van der Waals surface area contributed by atoms with Gasteiger partial charge in [0.05, 0.1) is 5.69 Å². The predicted molar refractivity (Wildman–Crippen MR) is 116 cm³/mol. The van der Waals surface area contributed by atoms with Crippen LogP contribution in [0.2, 0.25) is 0 Å². The van der Waals surface area contributed by atoms with Gasteiger partial charge in [-0.25, -0.2) is 4.98 Å². The number of hydrogen-bond donors (Lipinski definition) is 3. The minimum atomic E-state index is -0.616. The smallest absolute Gasteiger partial charge is 0.291 e. The molecule has 0 bridgehead atoms. The van der Waals surface area contributed by atoms with E-state index in [9.17, 15) is 9.59 Å². The van der Waals surface area contributed by atoms with Gasteiger partial charge in [-0.05, 0) is 49.7 Å². The first-order valence-corrected chi connectivity index (χ1v) is 10.9. The number of carbonyl (C=O) groups excluding carboxylic acids is 2. The molecule has 0 radical (unpaired) electrons. The Labute approximate surface area is 180 Å². The lowest BCUT2D eigenvalue weighted by Gasteiger charge is -2.17. The van der Waals surface area contributed by atoms with E-state index < -0.39 is 11.9 Å². The molecule has 1 aliphatic carbocycles. The van der Waals surface area contributed by atoms with E-state index in [4.69, 9.17) is 0 Å². The van der Waals surface area contributed by atoms with Crippen molar-refractivity contribution in [3.63, 3.8) is 0 Å². The SMILES string of the molecule is Cn1c2c(c3c1CCC(NC(=O)c1n[nH]c(Cc4ccccc4)n1)C(=O)N3)CCCC2. The topological polar surface area (TPSA) is 105 Å². The molecule has 2 aromatic heterocycles. The number of carbonyl (C=O) groups is 2. The fourth-order valence-corrected chi connectivity index (χ4v) is 4.72. The number of aromatic nitrogens is 4. The van der Waals surface area contributed by atoms with E-state index in [0.29, 0.717) is 18.7 Å². The molecule has 2 aliphatic rings. The molecule has 0 saturated carbocycles. The first-order chi connectivity index (χ1) is 15.1. The number of fused-ring (bicyclic) bond motifs is 3. The summed E-state index contributed by atoms with van der Waals surface area (Å²) in [6.45, 7) is 0. The normalized spacial score (nSPS) is 18.0. The molecule has 5 rings (SSSR count). The van der Waals surface area contributed by atoms with Crippen LogP contribution in [0.15, 0.2) is 30.3 Å². The van der Waals surface area contributed by atoms with E-state index in [1.165, 1.54) is 17.7 Å². The van der Waals surface area contributed by atoms with Gasteiger partial charge in [-0.1, -0.05) is 30.3 Å². The van der Waals surface area contributed by atoms with Crippen molar-refractivity contribution in [1.82, 2.24) is 25.1 Å². The summed E-state index contributed by atoms with van der Waals surface area (Å²) in [6, 6.07) is 9.24. The second kappa shape index (κ2) is 8.02. The summed E-state index contributed by atoms with van der Waals surface area (Å²) in [5.74, 6) is 0.0494. The summed E-state index contributed by atoms with van der Waals surface area (Å²) < 4.78 is 2.24. The van der Waals surface area contributed by atoms with E-state index in [1.807, 2.05) is 30.3 Å². The average molecular weight is 419 g/mol. The fourth-order valence-electron chi connectivity index (χ4n) is 4.72. The van der Waals surface area contributed by atoms with Crippen LogP contribution in [0.25, 0.3) is 0 Å². The van der Waals surface area contributed by atoms with E-state index in [-0.39, 0.29) is 11.7 Å². The lowest BCUT2D eigenvalue weighted by molar-refractivity contribution is -0.118. The van der Waals surface area contributed by atoms with Crippen LogP contribution in [0, 0.1) is 0 Å². The third-order valence-electron chi connectivity index (χ3n) is 6.33. The van der Waals surface area contributed by atoms with Crippen molar-refractivity contribution in [2.75, 3.05) is 5.32 Å². The van der Waals surface area contributed by atoms with E-state index in [2.05, 4.69) is 37.4 Å². The van der Waals surface area contributed by atoms with E-state index in [0.717, 1.165) is 42.6 Å². The van der Waals surface area contributed by atoms with Gasteiger partial charge >= 0.3 is 0 Å². The first-order valence-electron chi connectivity index (χ1n) is 10.9. The summed E-state index contributed by atoms with van der Waals surface area (Å²) >= 11 is 0. The highest BCUT2D eigenvalue weighted by Gasteiger charge is 2.31. The molecule has 8 heteroatoms. The van der Waals surface area contributed by atoms with Gasteiger partial charge < -0.3 is 15.2 Å². The van der Waals surface area contributed by atoms with E-state index >= 15 is 0 Å². The maximum absolute atomic E-state index is 12.9. The zero-order valence-corrected chi connectivity index (χ0v) is 17.6. The fraction of sp³-hybridized carbons (Fsp3) is 0.391. The minimum Gasteiger partial charge on any atom is -0.349 e. The molecule has 1 atom stereocenters. The molecule has 0 saturated heterocycles. The molecule has 160 valence electrons. The molecule has 1 aliphatic heterocycles. The first kappa shape index (κ1) is 19.5. The lowest BCUT2D eigenvalue weighted by atomic mass is 9.96. The van der Waals surface area contributed by atoms with Crippen LogP contribution in [-0.4, -0.2) is 37.6 Å². The molecule has 0 spiro atoms. The quantitative estimate of drug-likeness (QED) is 0.605. The molecule has 2 amide bonds. The Balaban J connectivity index is 1.27. The highest BCUT2D eigenvalue weighted by atomic mass is 16.2. The van der Waals surface area contributed by atoms with Crippen LogP contribution < -0.4 is 10.6 Å². The van der Waals surface area contributed by atoms with Crippen LogP contribution >= 0.6 is 0 Å². The van der Waals surface area contributed by atoms with Crippen LogP contribution in [-0.2, 0) is 37.5 Å². The number of aromatic amines is 1. The molecular weight excluding hydrogens is 392 g/mol. The van der Waals surface area contributed by atoms with Crippen LogP contribution in [0.5, 0.6) is 0 Å². The number of anilines is 1. The van der Waals surface area contributed by atoms with Gasteiger partial charge in [-0.2, -0.15) is 0 Å². The number of rotatable bonds is 4. The van der Waals surface area contributed by atoms with Crippen molar-refractivity contribution >= 4 is 17.5 Å². The molecule has 0 fully saturated rings. The Bertz CT molecular complexity index is 1130. The van der Waals surface area contributed by atoms with Crippen molar-refractivity contribution in [1.29, 1.82) is 0 Å². The Hall–Kier alpha value is -3.42. The van der Waals surface area contributed by atoms with Gasteiger partial charge in [0.25, 0.3) is 5.91 Å². The summed E-state index contributed by atoms with van der Waals surface area (Å²) in [6.07, 6.45) is 6.24. The van der Waals surface area contributed by atoms with Crippen molar-refractivity contribution in [2.24, 2.45) is 7.05 Å². The number of H-pyrrole nitrogens is 1. The zero-order valence-electron chi connectivity index (χ0n) is 17.6. The minimum absolute atomic E-state index is 0.0536. The lowest BCUT2D eigenvalue weighted by Crippen LogP contribution is -2.43. The van der Waals surface area contributed by atoms with Gasteiger partial charge in [0.15, 0.2) is 0 Å². The van der Waals surface area contributed by atoms with Crippen molar-refractivity contribution in [3.05, 3.63) is 64.5 Å². The number of nitrogens with zero attached hydrogens (tertiary/aromatic N) is 3. The molecule has 1 aromatic carbocycles. The van der Waals surface area contributed by atoms with E-state index in [1.54, 1.807) is 0 Å². The molecule has 31 heavy (non-hydrogen) atoms. The molecule has 3 aromatic rings. The van der Waals surface area contributed by atoms with Crippen molar-refractivity contribution in [2.45, 2.75) is 51.0 Å². The Morgan fingerprint density at radius 2 is 1.97 bits per heavy atom. The predicted octanol–water partition coefficient (Wildman–Crippen LogP) is 2.30. The Kier molecular flexibility index (Phi) is 5.05. The molecule has 1 unspecified atom stereocenters. The highest BCUT2D eigenvalue weighted by molar-refractivity contribution is 6.01. The van der Waals surface area contributed by atoms with Gasteiger partial charge in [-0.3, -0.25) is 14.7 Å². The second-order valence-electron chi connectivity index (χ2n) is 8.34. The van der Waals surface area contributed by atoms with Gasteiger partial charge in [0.1, 0.15) is 11.9 Å². The van der Waals surface area contributed by atoms with Gasteiger partial charge in [-0.15, -0.1) is 5.10 Å². The molecular formula is C23H26N6O2. The zero-order chi connectivity index (χ0) is 21.4. The summed E-state index contributed by atoms with van der Waals surface area (Å²) in [5, 5.41) is 12.8. The number of hydrogen-bond acceptors (Lipinski definition) is 4. The third-order valence-corrected chi connectivity index (χ3v) is 6.33. The number of benzene rings is 1. The number of amides is 2. The second-order valence-corrected chi connectivity index (χ2v) is 8.34. The largest absolute Gasteiger partial charge is 0.349 e. The van der Waals surface area contributed by atoms with Crippen LogP contribution in [0.1, 0.15) is 58.2 Å². The maximum Gasteiger partial charge on any atom is 0.291 e. The Morgan fingerprint density at radius 1 is 1.16 bits per heavy atom. The average Bonchev–Trinajstić information content (AvgIpc) is 3.30. The summed E-state index contributed by atoms with van der Waals surface area (Å²) in [7, 11) is 2.08. The molecule has 8 nitrogen and oxygen atoms in total. The third kappa shape index (κ3) is 3.73. The van der Waals surface area contributed by atoms with Gasteiger partial charge in [0, 0.05) is 24.9 Å². The Morgan fingerprint density at radius 3 is 2.81 bits per heavy atom. The maximum atomic E-state index is 12.9. The van der Waals surface area contributed by atoms with Crippen molar-refractivity contribution in [3.8, 4) is 0 Å². The van der Waals surface area contributed by atoms with Gasteiger partial charge in [0.2, 0.25) is 11.7 Å². The van der Waals surface area contributed by atoms with Crippen LogP contribution in [0.3, 0.4) is 0 Å². The molecule has 3 N–H and O–H groups in total. The standard InChI is InChI=1S/C23H26N6O2/c1-29-17-10-6-5-9-15(17)20-18(29)12-11-16(22(30)26-20)24-23(31)21-25-19(27-28-21)13-14-7-3-2-4-8-14/h2-4,7-8,16H,5-6,9-13H2,1H3,(H,24,31)(H,26,30)(H,25,27,28). The summed E-state index contributed by atoms with van der Waals surface area (Å²) in [4.78, 5) is 29.9. The highest BCUT2D eigenvalue weighted by Crippen LogP contribution is 2.35. The molecule has 3 heterocycles. The monoisotopic (exact) mass is 418 g/mol. The van der Waals surface area contributed by atoms with Crippen LogP contribution in [0.4, 0.5) is 5.69 Å². The number of nitrogens with one attached hydrogen (secondary N) is 3.